The van der Waals surface area contributed by atoms with Crippen molar-refractivity contribution in [1.29, 1.82) is 0 Å². The van der Waals surface area contributed by atoms with Crippen LogP contribution in [0, 0.1) is 32.5 Å². The summed E-state index contributed by atoms with van der Waals surface area (Å²) in [5, 5.41) is 0. The van der Waals surface area contributed by atoms with Crippen molar-refractivity contribution in [1.82, 2.24) is 19.9 Å². The zero-order chi connectivity index (χ0) is 18.0. The van der Waals surface area contributed by atoms with Crippen LogP contribution in [0.25, 0.3) is 0 Å². The minimum atomic E-state index is -0.328. The molecule has 1 aliphatic rings. The summed E-state index contributed by atoms with van der Waals surface area (Å²) in [7, 11) is 1.89. The third-order valence-corrected chi connectivity index (χ3v) is 4.71. The Labute approximate surface area is 148 Å². The summed E-state index contributed by atoms with van der Waals surface area (Å²) in [4.78, 5) is 21.2. The molecule has 1 saturated heterocycles. The normalized spacial score (nSPS) is 15.5. The van der Waals surface area contributed by atoms with Crippen LogP contribution in [0.1, 0.15) is 29.9 Å². The van der Waals surface area contributed by atoms with E-state index < -0.39 is 0 Å². The number of piperidine rings is 1. The fourth-order valence-corrected chi connectivity index (χ4v) is 3.35. The summed E-state index contributed by atoms with van der Waals surface area (Å²) < 4.78 is 14.2. The van der Waals surface area contributed by atoms with Gasteiger partial charge in [0.2, 0.25) is 5.95 Å². The number of nitrogens with zero attached hydrogens (tertiary/aromatic N) is 6. The van der Waals surface area contributed by atoms with E-state index in [9.17, 15) is 4.39 Å². The highest BCUT2D eigenvalue weighted by Gasteiger charge is 2.23. The molecule has 0 amide bonds. The lowest BCUT2D eigenvalue weighted by Gasteiger charge is -2.34. The highest BCUT2D eigenvalue weighted by atomic mass is 19.1. The molecule has 0 saturated carbocycles. The first kappa shape index (κ1) is 17.5. The number of aryl methyl sites for hydroxylation is 3. The summed E-state index contributed by atoms with van der Waals surface area (Å²) in [6.07, 6.45) is 3.49. The lowest BCUT2D eigenvalue weighted by atomic mass is 9.96. The van der Waals surface area contributed by atoms with Crippen LogP contribution in [0.15, 0.2) is 12.4 Å². The number of anilines is 2. The Balaban J connectivity index is 1.60. The van der Waals surface area contributed by atoms with E-state index in [-0.39, 0.29) is 5.82 Å². The maximum absolute atomic E-state index is 14.2. The number of hydrogen-bond acceptors (Lipinski definition) is 6. The Morgan fingerprint density at radius 2 is 1.76 bits per heavy atom. The first-order valence-corrected chi connectivity index (χ1v) is 8.69. The molecule has 0 unspecified atom stereocenters. The van der Waals surface area contributed by atoms with E-state index in [4.69, 9.17) is 0 Å². The Morgan fingerprint density at radius 3 is 2.40 bits per heavy atom. The van der Waals surface area contributed by atoms with Gasteiger partial charge in [0.05, 0.1) is 5.69 Å². The first-order chi connectivity index (χ1) is 11.9. The van der Waals surface area contributed by atoms with Crippen molar-refractivity contribution in [3.63, 3.8) is 0 Å². The summed E-state index contributed by atoms with van der Waals surface area (Å²) >= 11 is 0. The fraction of sp³-hybridized carbons (Fsp3) is 0.556. The zero-order valence-corrected chi connectivity index (χ0v) is 15.3. The molecule has 0 N–H and O–H groups in total. The van der Waals surface area contributed by atoms with Gasteiger partial charge in [-0.05, 0) is 45.6 Å². The van der Waals surface area contributed by atoms with Gasteiger partial charge in [-0.1, -0.05) is 0 Å². The second-order valence-electron chi connectivity index (χ2n) is 6.86. The second kappa shape index (κ2) is 7.29. The lowest BCUT2D eigenvalue weighted by Crippen LogP contribution is -2.39. The molecule has 0 radical (unpaired) electrons. The lowest BCUT2D eigenvalue weighted by molar-refractivity contribution is 0.403. The molecule has 0 bridgehead atoms. The molecule has 7 heteroatoms. The van der Waals surface area contributed by atoms with Gasteiger partial charge in [0.15, 0.2) is 11.6 Å². The molecule has 1 aliphatic heterocycles. The average Bonchev–Trinajstić information content (AvgIpc) is 2.57. The van der Waals surface area contributed by atoms with Gasteiger partial charge in [0.25, 0.3) is 0 Å². The minimum Gasteiger partial charge on any atom is -0.357 e. The molecule has 25 heavy (non-hydrogen) atoms. The quantitative estimate of drug-likeness (QED) is 0.850. The Hall–Kier alpha value is -2.31. The van der Waals surface area contributed by atoms with E-state index in [1.165, 1.54) is 6.33 Å². The number of rotatable bonds is 4. The fourth-order valence-electron chi connectivity index (χ4n) is 3.35. The van der Waals surface area contributed by atoms with Crippen molar-refractivity contribution in [2.24, 2.45) is 5.92 Å². The monoisotopic (exact) mass is 344 g/mol. The SMILES string of the molecule is Cc1cc(C)nc(N2CCC(CN(C)c3ncnc(C)c3F)CC2)n1. The topological polar surface area (TPSA) is 58.0 Å². The minimum absolute atomic E-state index is 0.328. The van der Waals surface area contributed by atoms with Crippen LogP contribution in [0.3, 0.4) is 0 Å². The molecule has 2 aromatic heterocycles. The van der Waals surface area contributed by atoms with E-state index in [0.717, 1.165) is 49.8 Å². The van der Waals surface area contributed by atoms with Gasteiger partial charge in [-0.2, -0.15) is 0 Å². The molecule has 1 fully saturated rings. The molecule has 3 rings (SSSR count). The van der Waals surface area contributed by atoms with Crippen LogP contribution in [-0.4, -0.2) is 46.6 Å². The summed E-state index contributed by atoms with van der Waals surface area (Å²) in [6, 6.07) is 1.99. The smallest absolute Gasteiger partial charge is 0.225 e. The average molecular weight is 344 g/mol. The highest BCUT2D eigenvalue weighted by Crippen LogP contribution is 2.24. The largest absolute Gasteiger partial charge is 0.357 e. The van der Waals surface area contributed by atoms with E-state index in [2.05, 4.69) is 24.8 Å². The second-order valence-corrected chi connectivity index (χ2v) is 6.86. The third-order valence-electron chi connectivity index (χ3n) is 4.71. The first-order valence-electron chi connectivity index (χ1n) is 8.69. The van der Waals surface area contributed by atoms with Crippen molar-refractivity contribution >= 4 is 11.8 Å². The van der Waals surface area contributed by atoms with Crippen LogP contribution in [0.4, 0.5) is 16.2 Å². The van der Waals surface area contributed by atoms with Crippen LogP contribution in [0.2, 0.25) is 0 Å². The van der Waals surface area contributed by atoms with Crippen molar-refractivity contribution in [2.45, 2.75) is 33.6 Å². The summed E-state index contributed by atoms with van der Waals surface area (Å²) in [5.41, 5.74) is 2.39. The van der Waals surface area contributed by atoms with Crippen LogP contribution in [-0.2, 0) is 0 Å². The van der Waals surface area contributed by atoms with Gasteiger partial charge in [-0.3, -0.25) is 0 Å². The highest BCUT2D eigenvalue weighted by molar-refractivity contribution is 5.40. The van der Waals surface area contributed by atoms with Crippen molar-refractivity contribution < 1.29 is 4.39 Å². The Kier molecular flexibility index (Phi) is 5.11. The van der Waals surface area contributed by atoms with Crippen LogP contribution >= 0.6 is 0 Å². The zero-order valence-electron chi connectivity index (χ0n) is 15.3. The molecule has 0 aromatic carbocycles. The predicted molar refractivity (Wildman–Crippen MR) is 96.4 cm³/mol. The maximum atomic E-state index is 14.2. The third kappa shape index (κ3) is 4.03. The van der Waals surface area contributed by atoms with Gasteiger partial charge < -0.3 is 9.80 Å². The van der Waals surface area contributed by atoms with Gasteiger partial charge in [-0.15, -0.1) is 0 Å². The molecule has 3 heterocycles. The Morgan fingerprint density at radius 1 is 1.12 bits per heavy atom. The van der Waals surface area contributed by atoms with Gasteiger partial charge in [0, 0.05) is 38.1 Å². The van der Waals surface area contributed by atoms with Gasteiger partial charge >= 0.3 is 0 Å². The molecule has 0 aliphatic carbocycles. The van der Waals surface area contributed by atoms with Crippen LogP contribution in [0.5, 0.6) is 0 Å². The number of aromatic nitrogens is 4. The van der Waals surface area contributed by atoms with E-state index in [1.807, 2.05) is 31.9 Å². The summed E-state index contributed by atoms with van der Waals surface area (Å²) in [5.74, 6) is 1.38. The molecular formula is C18H25FN6. The molecule has 0 atom stereocenters. The van der Waals surface area contributed by atoms with Gasteiger partial charge in [0.1, 0.15) is 6.33 Å². The number of halogens is 1. The molecular weight excluding hydrogens is 319 g/mol. The molecule has 0 spiro atoms. The standard InChI is InChI=1S/C18H25FN6/c1-12-9-13(2)23-18(22-12)25-7-5-15(6-8-25)10-24(4)17-16(19)14(3)20-11-21-17/h9,11,15H,5-8,10H2,1-4H3. The van der Waals surface area contributed by atoms with E-state index in [1.54, 1.807) is 6.92 Å². The van der Waals surface area contributed by atoms with Crippen molar-refractivity contribution in [3.8, 4) is 0 Å². The van der Waals surface area contributed by atoms with Crippen molar-refractivity contribution in [2.75, 3.05) is 36.5 Å². The number of hydrogen-bond donors (Lipinski definition) is 0. The Bertz CT molecular complexity index is 722. The molecule has 6 nitrogen and oxygen atoms in total. The van der Waals surface area contributed by atoms with Crippen LogP contribution < -0.4 is 9.80 Å². The predicted octanol–water partition coefficient (Wildman–Crippen LogP) is 2.68. The van der Waals surface area contributed by atoms with Crippen molar-refractivity contribution in [3.05, 3.63) is 35.3 Å². The summed E-state index contributed by atoms with van der Waals surface area (Å²) in [6.45, 7) is 8.29. The van der Waals surface area contributed by atoms with E-state index in [0.29, 0.717) is 17.4 Å². The van der Waals surface area contributed by atoms with Gasteiger partial charge in [-0.25, -0.2) is 24.3 Å². The molecule has 2 aromatic rings. The maximum Gasteiger partial charge on any atom is 0.225 e. The molecule has 134 valence electrons. The van der Waals surface area contributed by atoms with E-state index >= 15 is 0 Å².